The summed E-state index contributed by atoms with van der Waals surface area (Å²) in [5.74, 6) is -4.97. The minimum absolute atomic E-state index is 0.0283. The number of alkyl halides is 3. The fourth-order valence-corrected chi connectivity index (χ4v) is 6.52. The number of hydrogen-bond donors (Lipinski definition) is 0. The first-order chi connectivity index (χ1) is 19.5. The molecule has 0 spiro atoms. The summed E-state index contributed by atoms with van der Waals surface area (Å²) < 4.78 is 115. The molecule has 1 nitrogen and oxygen atoms in total. The van der Waals surface area contributed by atoms with Gasteiger partial charge in [-0.25, -0.2) is 22.0 Å². The smallest absolute Gasteiger partial charge is 0.375 e. The minimum Gasteiger partial charge on any atom is -0.375 e. The van der Waals surface area contributed by atoms with Gasteiger partial charge in [0.15, 0.2) is 11.7 Å². The molecule has 2 fully saturated rings. The lowest BCUT2D eigenvalue weighted by Gasteiger charge is -2.32. The Morgan fingerprint density at radius 2 is 1.29 bits per heavy atom. The van der Waals surface area contributed by atoms with Crippen LogP contribution in [0.3, 0.4) is 0 Å². The van der Waals surface area contributed by atoms with E-state index in [9.17, 15) is 35.1 Å². The molecule has 0 bridgehead atoms. The molecule has 0 saturated heterocycles. The Hall–Kier alpha value is -2.42. The van der Waals surface area contributed by atoms with Crippen molar-refractivity contribution in [3.05, 3.63) is 75.9 Å². The van der Waals surface area contributed by atoms with Crippen LogP contribution in [-0.2, 0) is 10.9 Å². The van der Waals surface area contributed by atoms with Crippen LogP contribution in [0.15, 0.2) is 36.2 Å². The van der Waals surface area contributed by atoms with Gasteiger partial charge in [-0.05, 0) is 111 Å². The van der Waals surface area contributed by atoms with E-state index in [2.05, 4.69) is 0 Å². The van der Waals surface area contributed by atoms with Crippen molar-refractivity contribution in [1.82, 2.24) is 0 Å². The van der Waals surface area contributed by atoms with Gasteiger partial charge in [0.1, 0.15) is 29.6 Å². The largest absolute Gasteiger partial charge is 0.422 e. The molecular weight excluding hydrogens is 552 g/mol. The summed E-state index contributed by atoms with van der Waals surface area (Å²) in [6, 6.07) is 5.68. The summed E-state index contributed by atoms with van der Waals surface area (Å²) in [5.41, 5.74) is -1.15. The maximum atomic E-state index is 14.8. The van der Waals surface area contributed by atoms with Crippen LogP contribution in [0.1, 0.15) is 105 Å². The van der Waals surface area contributed by atoms with Gasteiger partial charge in [-0.15, -0.1) is 0 Å². The van der Waals surface area contributed by atoms with Crippen LogP contribution in [-0.4, -0.2) is 13.2 Å². The third-order valence-corrected chi connectivity index (χ3v) is 8.86. The van der Waals surface area contributed by atoms with Gasteiger partial charge >= 0.3 is 6.18 Å². The molecule has 9 heteroatoms. The Bertz CT molecular complexity index is 1180. The highest BCUT2D eigenvalue weighted by atomic mass is 19.4. The normalized spacial score (nSPS) is 24.3. The number of ether oxygens (including phenoxy) is 1. The molecule has 226 valence electrons. The topological polar surface area (TPSA) is 9.23 Å². The molecule has 0 N–H and O–H groups in total. The Morgan fingerprint density at radius 3 is 1.78 bits per heavy atom. The van der Waals surface area contributed by atoms with E-state index in [1.807, 2.05) is 0 Å². The van der Waals surface area contributed by atoms with E-state index in [1.165, 1.54) is 6.07 Å². The monoisotopic (exact) mass is 588 g/mol. The molecule has 0 amide bonds. The first-order valence-corrected chi connectivity index (χ1v) is 14.5. The van der Waals surface area contributed by atoms with Crippen molar-refractivity contribution in [2.24, 2.45) is 11.8 Å². The molecule has 2 saturated carbocycles. The molecular formula is C32H36F8O. The Kier molecular flexibility index (Phi) is 10.5. The Labute approximate surface area is 236 Å². The molecule has 0 heterocycles. The van der Waals surface area contributed by atoms with Crippen LogP contribution in [0.5, 0.6) is 0 Å². The lowest BCUT2D eigenvalue weighted by Crippen LogP contribution is -2.18. The molecule has 0 atom stereocenters. The second kappa shape index (κ2) is 13.7. The summed E-state index contributed by atoms with van der Waals surface area (Å²) in [5, 5.41) is 0. The Morgan fingerprint density at radius 1 is 0.756 bits per heavy atom. The minimum atomic E-state index is -5.07. The fraction of sp³-hybridized carbons (Fsp3) is 0.562. The predicted molar refractivity (Wildman–Crippen MR) is 142 cm³/mol. The molecule has 0 aliphatic heterocycles. The molecule has 0 aromatic heterocycles. The zero-order chi connectivity index (χ0) is 29.7. The summed E-state index contributed by atoms with van der Waals surface area (Å²) in [7, 11) is 0. The van der Waals surface area contributed by atoms with Gasteiger partial charge in [-0.1, -0.05) is 25.0 Å². The summed E-state index contributed by atoms with van der Waals surface area (Å²) >= 11 is 0. The number of benzene rings is 2. The highest BCUT2D eigenvalue weighted by Gasteiger charge is 2.38. The van der Waals surface area contributed by atoms with Gasteiger partial charge in [0.25, 0.3) is 0 Å². The standard InChI is InChI=1S/C32H36F8O/c1-2-41-18-29(36)31(37)23-13-14-25(26(33)15-23)22-11-7-20(8-12-22)4-3-19-5-9-21(10-6-19)24-16-27(34)30(28(35)17-24)32(38,39)40/h13-17,19-22H,2-12,18H2,1H3/b31-29+. The quantitative estimate of drug-likeness (QED) is 0.265. The molecule has 4 rings (SSSR count). The molecule has 2 aliphatic rings. The van der Waals surface area contributed by atoms with E-state index in [1.54, 1.807) is 13.0 Å². The van der Waals surface area contributed by atoms with Gasteiger partial charge in [0.2, 0.25) is 0 Å². The van der Waals surface area contributed by atoms with E-state index in [0.29, 0.717) is 35.8 Å². The summed E-state index contributed by atoms with van der Waals surface area (Å²) in [4.78, 5) is 0. The van der Waals surface area contributed by atoms with Crippen molar-refractivity contribution in [3.63, 3.8) is 0 Å². The molecule has 0 unspecified atom stereocenters. The first kappa shape index (κ1) is 31.5. The van der Waals surface area contributed by atoms with Gasteiger partial charge in [-0.2, -0.15) is 13.2 Å². The highest BCUT2D eigenvalue weighted by molar-refractivity contribution is 5.61. The SMILES string of the molecule is CCOC/C(F)=C(\F)c1ccc(C2CCC(CCC3CCC(c4cc(F)c(C(F)(F)F)c(F)c4)CC3)CC2)c(F)c1. The third kappa shape index (κ3) is 7.90. The zero-order valence-corrected chi connectivity index (χ0v) is 23.1. The van der Waals surface area contributed by atoms with Crippen molar-refractivity contribution in [2.75, 3.05) is 13.2 Å². The molecule has 2 aliphatic carbocycles. The third-order valence-electron chi connectivity index (χ3n) is 8.86. The highest BCUT2D eigenvalue weighted by Crippen LogP contribution is 2.43. The van der Waals surface area contributed by atoms with E-state index >= 15 is 0 Å². The van der Waals surface area contributed by atoms with E-state index < -0.39 is 47.5 Å². The second-order valence-corrected chi connectivity index (χ2v) is 11.5. The first-order valence-electron chi connectivity index (χ1n) is 14.5. The van der Waals surface area contributed by atoms with Crippen LogP contribution in [0.2, 0.25) is 0 Å². The van der Waals surface area contributed by atoms with Crippen LogP contribution in [0, 0.1) is 29.3 Å². The van der Waals surface area contributed by atoms with Crippen LogP contribution >= 0.6 is 0 Å². The van der Waals surface area contributed by atoms with Crippen molar-refractivity contribution >= 4 is 5.83 Å². The second-order valence-electron chi connectivity index (χ2n) is 11.5. The molecule has 41 heavy (non-hydrogen) atoms. The van der Waals surface area contributed by atoms with Crippen molar-refractivity contribution < 1.29 is 39.9 Å². The summed E-state index contributed by atoms with van der Waals surface area (Å²) in [6.07, 6.45) is 3.59. The van der Waals surface area contributed by atoms with Crippen LogP contribution in [0.4, 0.5) is 35.1 Å². The maximum absolute atomic E-state index is 14.8. The Balaban J connectivity index is 1.23. The van der Waals surface area contributed by atoms with Gasteiger partial charge in [0, 0.05) is 12.2 Å². The number of hydrogen-bond acceptors (Lipinski definition) is 1. The molecule has 2 aromatic carbocycles. The summed E-state index contributed by atoms with van der Waals surface area (Å²) in [6.45, 7) is 1.42. The van der Waals surface area contributed by atoms with E-state index in [-0.39, 0.29) is 24.0 Å². The van der Waals surface area contributed by atoms with Crippen molar-refractivity contribution in [3.8, 4) is 0 Å². The van der Waals surface area contributed by atoms with Crippen LogP contribution in [0.25, 0.3) is 5.83 Å². The van der Waals surface area contributed by atoms with Gasteiger partial charge < -0.3 is 4.74 Å². The van der Waals surface area contributed by atoms with Crippen LogP contribution < -0.4 is 0 Å². The van der Waals surface area contributed by atoms with Gasteiger partial charge in [0.05, 0.1) is 0 Å². The predicted octanol–water partition coefficient (Wildman–Crippen LogP) is 10.8. The molecule has 0 radical (unpaired) electrons. The fourth-order valence-electron chi connectivity index (χ4n) is 6.52. The van der Waals surface area contributed by atoms with Crippen molar-refractivity contribution in [2.45, 2.75) is 89.1 Å². The average molecular weight is 589 g/mol. The maximum Gasteiger partial charge on any atom is 0.422 e. The average Bonchev–Trinajstić information content (AvgIpc) is 2.93. The lowest BCUT2D eigenvalue weighted by molar-refractivity contribution is -0.142. The lowest BCUT2D eigenvalue weighted by atomic mass is 9.73. The van der Waals surface area contributed by atoms with Crippen molar-refractivity contribution in [1.29, 1.82) is 0 Å². The van der Waals surface area contributed by atoms with E-state index in [0.717, 1.165) is 69.6 Å². The van der Waals surface area contributed by atoms with E-state index in [4.69, 9.17) is 4.74 Å². The van der Waals surface area contributed by atoms with Gasteiger partial charge in [-0.3, -0.25) is 0 Å². The molecule has 2 aromatic rings. The number of rotatable bonds is 9. The zero-order valence-electron chi connectivity index (χ0n) is 23.1. The number of halogens is 8.